The van der Waals surface area contributed by atoms with Crippen molar-refractivity contribution >= 4 is 39.2 Å². The number of amides is 3. The Morgan fingerprint density at radius 1 is 1.28 bits per heavy atom. The minimum atomic E-state index is -0.398. The van der Waals surface area contributed by atoms with Crippen LogP contribution in [-0.2, 0) is 4.79 Å². The van der Waals surface area contributed by atoms with Gasteiger partial charge >= 0.3 is 6.03 Å². The number of carbonyl (C=O) groups is 2. The largest absolute Gasteiger partial charge is 0.333 e. The standard InChI is InChI=1S/C18H17BrFN3O2/c1-11-7-13(5-6-16(11)19)21-18(25)22-14-9-17(24)23(10-14)15-4-2-3-12(20)8-15/h2-8,14H,9-10H2,1H3,(H2,21,22,25). The normalized spacial score (nSPS) is 16.8. The Labute approximate surface area is 153 Å². The topological polar surface area (TPSA) is 61.4 Å². The Hall–Kier alpha value is -2.41. The Morgan fingerprint density at radius 3 is 2.80 bits per heavy atom. The van der Waals surface area contributed by atoms with Crippen LogP contribution in [0.4, 0.5) is 20.6 Å². The maximum atomic E-state index is 13.3. The highest BCUT2D eigenvalue weighted by atomic mass is 79.9. The number of anilines is 2. The Bertz CT molecular complexity index is 828. The third kappa shape index (κ3) is 4.17. The lowest BCUT2D eigenvalue weighted by Crippen LogP contribution is -2.39. The van der Waals surface area contributed by atoms with Crippen LogP contribution in [0.25, 0.3) is 0 Å². The van der Waals surface area contributed by atoms with E-state index in [-0.39, 0.29) is 24.4 Å². The van der Waals surface area contributed by atoms with Crippen LogP contribution < -0.4 is 15.5 Å². The molecule has 2 aromatic carbocycles. The zero-order valence-corrected chi connectivity index (χ0v) is 15.1. The van der Waals surface area contributed by atoms with E-state index in [4.69, 9.17) is 0 Å². The number of hydrogen-bond acceptors (Lipinski definition) is 2. The summed E-state index contributed by atoms with van der Waals surface area (Å²) in [5, 5.41) is 5.54. The minimum Gasteiger partial charge on any atom is -0.333 e. The molecule has 1 heterocycles. The fourth-order valence-electron chi connectivity index (χ4n) is 2.77. The molecule has 3 rings (SSSR count). The number of benzene rings is 2. The zero-order chi connectivity index (χ0) is 18.0. The van der Waals surface area contributed by atoms with Crippen LogP contribution in [0.1, 0.15) is 12.0 Å². The highest BCUT2D eigenvalue weighted by Gasteiger charge is 2.31. The van der Waals surface area contributed by atoms with E-state index in [1.54, 1.807) is 18.2 Å². The third-order valence-corrected chi connectivity index (χ3v) is 4.89. The highest BCUT2D eigenvalue weighted by molar-refractivity contribution is 9.10. The summed E-state index contributed by atoms with van der Waals surface area (Å²) in [6, 6.07) is 10.7. The van der Waals surface area contributed by atoms with Crippen molar-refractivity contribution in [2.45, 2.75) is 19.4 Å². The van der Waals surface area contributed by atoms with Crippen LogP contribution in [0.3, 0.4) is 0 Å². The van der Waals surface area contributed by atoms with Crippen molar-refractivity contribution in [1.82, 2.24) is 5.32 Å². The van der Waals surface area contributed by atoms with Crippen LogP contribution in [0, 0.1) is 12.7 Å². The summed E-state index contributed by atoms with van der Waals surface area (Å²) >= 11 is 3.41. The molecule has 7 heteroatoms. The van der Waals surface area contributed by atoms with E-state index in [9.17, 15) is 14.0 Å². The van der Waals surface area contributed by atoms with Gasteiger partial charge in [-0.2, -0.15) is 0 Å². The molecule has 1 aliphatic rings. The Morgan fingerprint density at radius 2 is 2.08 bits per heavy atom. The Balaban J connectivity index is 1.61. The first-order chi connectivity index (χ1) is 11.9. The number of urea groups is 1. The first kappa shape index (κ1) is 17.4. The van der Waals surface area contributed by atoms with E-state index >= 15 is 0 Å². The lowest BCUT2D eigenvalue weighted by molar-refractivity contribution is -0.117. The molecular formula is C18H17BrFN3O2. The number of carbonyl (C=O) groups excluding carboxylic acids is 2. The molecule has 0 aromatic heterocycles. The van der Waals surface area contributed by atoms with Gasteiger partial charge in [-0.15, -0.1) is 0 Å². The lowest BCUT2D eigenvalue weighted by Gasteiger charge is -2.17. The summed E-state index contributed by atoms with van der Waals surface area (Å²) in [4.78, 5) is 25.8. The molecule has 2 N–H and O–H groups in total. The molecule has 1 atom stereocenters. The highest BCUT2D eigenvalue weighted by Crippen LogP contribution is 2.23. The van der Waals surface area contributed by atoms with Gasteiger partial charge in [0.15, 0.2) is 0 Å². The molecule has 0 saturated carbocycles. The van der Waals surface area contributed by atoms with Crippen LogP contribution in [0.15, 0.2) is 46.9 Å². The lowest BCUT2D eigenvalue weighted by atomic mass is 10.2. The SMILES string of the molecule is Cc1cc(NC(=O)NC2CC(=O)N(c3cccc(F)c3)C2)ccc1Br. The van der Waals surface area contributed by atoms with Gasteiger partial charge in [0.1, 0.15) is 5.82 Å². The number of halogens is 2. The average Bonchev–Trinajstić information content (AvgIpc) is 2.91. The zero-order valence-electron chi connectivity index (χ0n) is 13.6. The second kappa shape index (κ2) is 7.23. The van der Waals surface area contributed by atoms with Gasteiger partial charge in [-0.25, -0.2) is 9.18 Å². The van der Waals surface area contributed by atoms with Crippen molar-refractivity contribution in [2.24, 2.45) is 0 Å². The quantitative estimate of drug-likeness (QED) is 0.814. The molecule has 2 aromatic rings. The van der Waals surface area contributed by atoms with Gasteiger partial charge in [0, 0.05) is 28.8 Å². The predicted octanol–water partition coefficient (Wildman–Crippen LogP) is 3.82. The molecule has 1 aliphatic heterocycles. The summed E-state index contributed by atoms with van der Waals surface area (Å²) in [5.74, 6) is -0.541. The molecule has 5 nitrogen and oxygen atoms in total. The fourth-order valence-corrected chi connectivity index (χ4v) is 3.02. The van der Waals surface area contributed by atoms with Gasteiger partial charge in [-0.05, 0) is 48.9 Å². The average molecular weight is 406 g/mol. The van der Waals surface area contributed by atoms with Crippen molar-refractivity contribution in [3.63, 3.8) is 0 Å². The van der Waals surface area contributed by atoms with Crippen LogP contribution in [0.2, 0.25) is 0 Å². The van der Waals surface area contributed by atoms with Gasteiger partial charge in [0.25, 0.3) is 0 Å². The summed E-state index contributed by atoms with van der Waals surface area (Å²) in [6.45, 7) is 2.24. The van der Waals surface area contributed by atoms with E-state index in [2.05, 4.69) is 26.6 Å². The summed E-state index contributed by atoms with van der Waals surface area (Å²) in [5.41, 5.74) is 2.17. The second-order valence-electron chi connectivity index (χ2n) is 5.95. The first-order valence-corrected chi connectivity index (χ1v) is 8.61. The minimum absolute atomic E-state index is 0.143. The van der Waals surface area contributed by atoms with E-state index in [1.807, 2.05) is 19.1 Å². The molecule has 1 fully saturated rings. The van der Waals surface area contributed by atoms with Gasteiger partial charge in [-0.3, -0.25) is 4.79 Å². The van der Waals surface area contributed by atoms with E-state index < -0.39 is 5.82 Å². The molecule has 25 heavy (non-hydrogen) atoms. The maximum Gasteiger partial charge on any atom is 0.319 e. The van der Waals surface area contributed by atoms with E-state index in [0.717, 1.165) is 10.0 Å². The first-order valence-electron chi connectivity index (χ1n) is 7.82. The smallest absolute Gasteiger partial charge is 0.319 e. The van der Waals surface area contributed by atoms with Crippen LogP contribution in [0.5, 0.6) is 0 Å². The van der Waals surface area contributed by atoms with Crippen molar-refractivity contribution < 1.29 is 14.0 Å². The number of hydrogen-bond donors (Lipinski definition) is 2. The molecule has 0 bridgehead atoms. The van der Waals surface area contributed by atoms with E-state index in [0.29, 0.717) is 17.9 Å². The van der Waals surface area contributed by atoms with Crippen molar-refractivity contribution in [1.29, 1.82) is 0 Å². The van der Waals surface area contributed by atoms with Gasteiger partial charge in [0.2, 0.25) is 5.91 Å². The van der Waals surface area contributed by atoms with Crippen molar-refractivity contribution in [3.8, 4) is 0 Å². The third-order valence-electron chi connectivity index (χ3n) is 4.00. The molecule has 1 unspecified atom stereocenters. The fraction of sp³-hybridized carbons (Fsp3) is 0.222. The van der Waals surface area contributed by atoms with Gasteiger partial charge in [0.05, 0.1) is 6.04 Å². The van der Waals surface area contributed by atoms with Crippen molar-refractivity contribution in [3.05, 3.63) is 58.3 Å². The van der Waals surface area contributed by atoms with E-state index in [1.165, 1.54) is 17.0 Å². The summed E-state index contributed by atoms with van der Waals surface area (Å²) in [6.07, 6.45) is 0.184. The molecule has 0 radical (unpaired) electrons. The Kier molecular flexibility index (Phi) is 5.03. The molecule has 3 amide bonds. The molecule has 0 spiro atoms. The van der Waals surface area contributed by atoms with Crippen molar-refractivity contribution in [2.75, 3.05) is 16.8 Å². The molecule has 1 saturated heterocycles. The number of nitrogens with one attached hydrogen (secondary N) is 2. The maximum absolute atomic E-state index is 13.3. The van der Waals surface area contributed by atoms with Gasteiger partial charge in [-0.1, -0.05) is 22.0 Å². The second-order valence-corrected chi connectivity index (χ2v) is 6.80. The molecule has 130 valence electrons. The summed E-state index contributed by atoms with van der Waals surface area (Å²) in [7, 11) is 0. The van der Waals surface area contributed by atoms with Crippen LogP contribution >= 0.6 is 15.9 Å². The molecular weight excluding hydrogens is 389 g/mol. The number of nitrogens with zero attached hydrogens (tertiary/aromatic N) is 1. The number of aryl methyl sites for hydroxylation is 1. The monoisotopic (exact) mass is 405 g/mol. The van der Waals surface area contributed by atoms with Gasteiger partial charge < -0.3 is 15.5 Å². The summed E-state index contributed by atoms with van der Waals surface area (Å²) < 4.78 is 14.3. The number of rotatable bonds is 3. The molecule has 0 aliphatic carbocycles. The predicted molar refractivity (Wildman–Crippen MR) is 98.2 cm³/mol. The van der Waals surface area contributed by atoms with Crippen LogP contribution in [-0.4, -0.2) is 24.5 Å².